The fraction of sp³-hybridized carbons (Fsp3) is 0.421. The largest absolute Gasteiger partial charge is 0.466 e. The van der Waals surface area contributed by atoms with Gasteiger partial charge >= 0.3 is 0 Å². The summed E-state index contributed by atoms with van der Waals surface area (Å²) in [6, 6.07) is 7.52. The van der Waals surface area contributed by atoms with Crippen LogP contribution < -0.4 is 15.0 Å². The van der Waals surface area contributed by atoms with Crippen LogP contribution in [0.15, 0.2) is 24.3 Å². The number of fused-ring (bicyclic) bond motifs is 1. The Balaban J connectivity index is 1.73. The van der Waals surface area contributed by atoms with Crippen LogP contribution >= 0.6 is 0 Å². The molecule has 0 saturated carbocycles. The molecule has 0 fully saturated rings. The second-order valence-electron chi connectivity index (χ2n) is 6.88. The summed E-state index contributed by atoms with van der Waals surface area (Å²) < 4.78 is 7.65. The summed E-state index contributed by atoms with van der Waals surface area (Å²) in [6.07, 6.45) is 0. The smallest absolute Gasteiger partial charge is 0.280 e. The number of nitrogens with zero attached hydrogens (tertiary/aromatic N) is 3. The fourth-order valence-electron chi connectivity index (χ4n) is 3.16. The number of carbonyl (C=O) groups excluding carboxylic acids is 2. The molecule has 2 amide bonds. The molecule has 138 valence electrons. The maximum absolute atomic E-state index is 12.8. The van der Waals surface area contributed by atoms with Crippen molar-refractivity contribution >= 4 is 17.5 Å². The first-order chi connectivity index (χ1) is 12.2. The second-order valence-corrected chi connectivity index (χ2v) is 6.88. The van der Waals surface area contributed by atoms with E-state index in [2.05, 4.69) is 10.4 Å². The first-order valence-corrected chi connectivity index (χ1v) is 8.59. The van der Waals surface area contributed by atoms with Crippen molar-refractivity contribution in [2.45, 2.75) is 39.8 Å². The van der Waals surface area contributed by atoms with E-state index in [4.69, 9.17) is 4.74 Å². The van der Waals surface area contributed by atoms with E-state index < -0.39 is 11.5 Å². The third-order valence-electron chi connectivity index (χ3n) is 4.65. The average molecular weight is 356 g/mol. The number of amides is 2. The van der Waals surface area contributed by atoms with E-state index in [1.54, 1.807) is 13.1 Å². The van der Waals surface area contributed by atoms with Crippen LogP contribution in [0, 0.1) is 20.8 Å². The Morgan fingerprint density at radius 1 is 1.27 bits per heavy atom. The Morgan fingerprint density at radius 2 is 2.00 bits per heavy atom. The van der Waals surface area contributed by atoms with Gasteiger partial charge in [-0.05, 0) is 51.5 Å². The van der Waals surface area contributed by atoms with Gasteiger partial charge in [-0.3, -0.25) is 14.3 Å². The Labute approximate surface area is 152 Å². The van der Waals surface area contributed by atoms with E-state index in [0.717, 1.165) is 17.0 Å². The van der Waals surface area contributed by atoms with Crippen molar-refractivity contribution in [3.05, 3.63) is 41.2 Å². The Morgan fingerprint density at radius 3 is 2.65 bits per heavy atom. The van der Waals surface area contributed by atoms with E-state index in [1.807, 2.05) is 43.7 Å². The highest BCUT2D eigenvalue weighted by atomic mass is 16.5. The molecule has 7 nitrogen and oxygen atoms in total. The minimum absolute atomic E-state index is 0.359. The summed E-state index contributed by atoms with van der Waals surface area (Å²) in [6.45, 7) is 8.22. The van der Waals surface area contributed by atoms with Crippen molar-refractivity contribution < 1.29 is 14.3 Å². The number of aromatic nitrogens is 2. The van der Waals surface area contributed by atoms with Gasteiger partial charge in [-0.25, -0.2) is 0 Å². The summed E-state index contributed by atoms with van der Waals surface area (Å²) in [5, 5.41) is 7.16. The fourth-order valence-corrected chi connectivity index (χ4v) is 3.16. The van der Waals surface area contributed by atoms with Crippen molar-refractivity contribution in [3.63, 3.8) is 0 Å². The van der Waals surface area contributed by atoms with Gasteiger partial charge in [-0.1, -0.05) is 6.07 Å². The number of benzene rings is 1. The van der Waals surface area contributed by atoms with Gasteiger partial charge in [0.2, 0.25) is 0 Å². The predicted octanol–water partition coefficient (Wildman–Crippen LogP) is 1.74. The number of carbonyl (C=O) groups is 2. The quantitative estimate of drug-likeness (QED) is 0.847. The summed E-state index contributed by atoms with van der Waals surface area (Å²) in [5.74, 6) is -0.324. The minimum Gasteiger partial charge on any atom is -0.466 e. The van der Waals surface area contributed by atoms with Crippen molar-refractivity contribution in [1.82, 2.24) is 15.1 Å². The van der Waals surface area contributed by atoms with Crippen molar-refractivity contribution in [1.29, 1.82) is 0 Å². The van der Waals surface area contributed by atoms with Crippen molar-refractivity contribution in [2.75, 3.05) is 18.5 Å². The summed E-state index contributed by atoms with van der Waals surface area (Å²) in [4.78, 5) is 27.0. The molecule has 0 spiro atoms. The lowest BCUT2D eigenvalue weighted by Gasteiger charge is -2.38. The first-order valence-electron chi connectivity index (χ1n) is 8.59. The Kier molecular flexibility index (Phi) is 4.48. The zero-order valence-corrected chi connectivity index (χ0v) is 15.8. The van der Waals surface area contributed by atoms with Crippen LogP contribution in [-0.4, -0.2) is 40.8 Å². The normalized spacial score (nSPS) is 19.1. The number of hydrogen-bond acceptors (Lipinski definition) is 4. The summed E-state index contributed by atoms with van der Waals surface area (Å²) >= 11 is 0. The molecule has 2 heterocycles. The van der Waals surface area contributed by atoms with E-state index in [9.17, 15) is 9.59 Å². The molecule has 1 atom stereocenters. The Hall–Kier alpha value is -2.83. The van der Waals surface area contributed by atoms with Gasteiger partial charge in [-0.15, -0.1) is 0 Å². The van der Waals surface area contributed by atoms with E-state index in [0.29, 0.717) is 24.5 Å². The van der Waals surface area contributed by atoms with Crippen LogP contribution in [0.3, 0.4) is 0 Å². The number of nitrogens with one attached hydrogen (secondary N) is 1. The van der Waals surface area contributed by atoms with Crippen LogP contribution in [0.5, 0.6) is 5.75 Å². The molecular weight excluding hydrogens is 332 g/mol. The average Bonchev–Trinajstić information content (AvgIpc) is 2.91. The van der Waals surface area contributed by atoms with Crippen LogP contribution in [0.4, 0.5) is 5.69 Å². The molecule has 0 saturated heterocycles. The van der Waals surface area contributed by atoms with Gasteiger partial charge in [0.1, 0.15) is 5.75 Å². The molecule has 1 N–H and O–H groups in total. The van der Waals surface area contributed by atoms with Gasteiger partial charge in [0.15, 0.2) is 0 Å². The highest BCUT2D eigenvalue weighted by Gasteiger charge is 2.49. The van der Waals surface area contributed by atoms with E-state index >= 15 is 0 Å². The molecule has 0 radical (unpaired) electrons. The first kappa shape index (κ1) is 18.0. The van der Waals surface area contributed by atoms with Gasteiger partial charge in [-0.2, -0.15) is 5.10 Å². The van der Waals surface area contributed by atoms with E-state index in [-0.39, 0.29) is 5.91 Å². The van der Waals surface area contributed by atoms with Crippen LogP contribution in [-0.2, 0) is 16.1 Å². The number of hydrogen-bond donors (Lipinski definition) is 1. The van der Waals surface area contributed by atoms with Crippen LogP contribution in [0.2, 0.25) is 0 Å². The zero-order chi connectivity index (χ0) is 19.1. The molecule has 3 rings (SSSR count). The predicted molar refractivity (Wildman–Crippen MR) is 98.3 cm³/mol. The standard InChI is InChI=1S/C19H24N4O3/c1-12-6-7-16-15(10-12)22(5)18(25)19(4,26-16)17(24)20-8-9-23-14(3)11-13(2)21-23/h6-7,10-11H,8-9H2,1-5H3,(H,20,24). The molecule has 1 aliphatic rings. The zero-order valence-electron chi connectivity index (χ0n) is 15.8. The minimum atomic E-state index is -1.59. The summed E-state index contributed by atoms with van der Waals surface area (Å²) in [5.41, 5.74) is 2.05. The third kappa shape index (κ3) is 3.05. The molecular formula is C19H24N4O3. The Bertz CT molecular complexity index is 874. The molecule has 0 bridgehead atoms. The monoisotopic (exact) mass is 356 g/mol. The van der Waals surface area contributed by atoms with Crippen molar-refractivity contribution in [2.24, 2.45) is 0 Å². The number of aryl methyl sites for hydroxylation is 3. The van der Waals surface area contributed by atoms with Gasteiger partial charge in [0.05, 0.1) is 17.9 Å². The van der Waals surface area contributed by atoms with Crippen LogP contribution in [0.25, 0.3) is 0 Å². The van der Waals surface area contributed by atoms with Gasteiger partial charge in [0, 0.05) is 19.3 Å². The van der Waals surface area contributed by atoms with Crippen LogP contribution in [0.1, 0.15) is 23.9 Å². The third-order valence-corrected chi connectivity index (χ3v) is 4.65. The molecule has 1 aliphatic heterocycles. The maximum atomic E-state index is 12.8. The number of anilines is 1. The number of likely N-dealkylation sites (N-methyl/N-ethyl adjacent to an activating group) is 1. The van der Waals surface area contributed by atoms with E-state index in [1.165, 1.54) is 11.8 Å². The lowest BCUT2D eigenvalue weighted by molar-refractivity contribution is -0.148. The molecule has 7 heteroatoms. The lowest BCUT2D eigenvalue weighted by atomic mass is 10.00. The topological polar surface area (TPSA) is 76.5 Å². The molecule has 2 aromatic rings. The molecule has 0 aliphatic carbocycles. The highest BCUT2D eigenvalue weighted by molar-refractivity contribution is 6.16. The van der Waals surface area contributed by atoms with Crippen molar-refractivity contribution in [3.8, 4) is 5.75 Å². The second kappa shape index (κ2) is 6.48. The maximum Gasteiger partial charge on any atom is 0.280 e. The highest BCUT2D eigenvalue weighted by Crippen LogP contribution is 2.37. The number of rotatable bonds is 4. The number of ether oxygens (including phenoxy) is 1. The molecule has 1 aromatic carbocycles. The molecule has 26 heavy (non-hydrogen) atoms. The SMILES string of the molecule is Cc1ccc2c(c1)N(C)C(=O)C(C)(C(=O)NCCn1nc(C)cc1C)O2. The molecule has 1 aromatic heterocycles. The molecule has 1 unspecified atom stereocenters. The summed E-state index contributed by atoms with van der Waals surface area (Å²) in [7, 11) is 1.66. The van der Waals surface area contributed by atoms with Gasteiger partial charge < -0.3 is 15.0 Å². The lowest BCUT2D eigenvalue weighted by Crippen LogP contribution is -2.61. The van der Waals surface area contributed by atoms with Gasteiger partial charge in [0.25, 0.3) is 17.4 Å².